The summed E-state index contributed by atoms with van der Waals surface area (Å²) < 4.78 is 44.8. The molecule has 8 heteroatoms. The lowest BCUT2D eigenvalue weighted by molar-refractivity contribution is 0.0948. The molecule has 0 unspecified atom stereocenters. The summed E-state index contributed by atoms with van der Waals surface area (Å²) in [7, 11) is -2.14. The second-order valence-corrected chi connectivity index (χ2v) is 7.34. The van der Waals surface area contributed by atoms with Crippen LogP contribution in [0.5, 0.6) is 0 Å². The molecule has 6 nitrogen and oxygen atoms in total. The van der Waals surface area contributed by atoms with E-state index in [9.17, 15) is 17.6 Å². The number of ether oxygens (including phenoxy) is 1. The quantitative estimate of drug-likeness (QED) is 0.653. The molecular formula is C18H21FN2O4S. The Morgan fingerprint density at radius 3 is 2.35 bits per heavy atom. The molecule has 2 aromatic rings. The molecule has 2 rings (SSSR count). The minimum atomic E-state index is -3.73. The SMILES string of the molecule is COCCCNC(=O)c1ccc(S(=O)(=O)NCc2ccc(F)cc2)cc1. The Morgan fingerprint density at radius 2 is 1.73 bits per heavy atom. The van der Waals surface area contributed by atoms with Crippen molar-refractivity contribution in [2.24, 2.45) is 0 Å². The Bertz CT molecular complexity index is 821. The number of carbonyl (C=O) groups is 1. The first-order chi connectivity index (χ1) is 12.4. The second-order valence-electron chi connectivity index (χ2n) is 5.58. The standard InChI is InChI=1S/C18H21FN2O4S/c1-25-12-2-11-20-18(22)15-5-9-17(10-6-15)26(23,24)21-13-14-3-7-16(19)8-4-14/h3-10,21H,2,11-13H2,1H3,(H,20,22). The fourth-order valence-corrected chi connectivity index (χ4v) is 3.19. The van der Waals surface area contributed by atoms with Gasteiger partial charge in [0.25, 0.3) is 5.91 Å². The molecule has 0 atom stereocenters. The average molecular weight is 380 g/mol. The molecule has 140 valence electrons. The van der Waals surface area contributed by atoms with E-state index in [4.69, 9.17) is 4.74 Å². The van der Waals surface area contributed by atoms with Gasteiger partial charge in [0, 0.05) is 32.4 Å². The van der Waals surface area contributed by atoms with E-state index in [1.54, 1.807) is 7.11 Å². The van der Waals surface area contributed by atoms with Gasteiger partial charge in [-0.25, -0.2) is 17.5 Å². The lowest BCUT2D eigenvalue weighted by Crippen LogP contribution is -2.26. The molecule has 0 aromatic heterocycles. The molecule has 0 saturated carbocycles. The summed E-state index contributed by atoms with van der Waals surface area (Å²) in [5.74, 6) is -0.656. The first-order valence-corrected chi connectivity index (χ1v) is 9.52. The molecule has 0 heterocycles. The Balaban J connectivity index is 1.95. The first-order valence-electron chi connectivity index (χ1n) is 8.04. The van der Waals surface area contributed by atoms with Gasteiger partial charge in [-0.3, -0.25) is 4.79 Å². The van der Waals surface area contributed by atoms with Crippen molar-refractivity contribution >= 4 is 15.9 Å². The van der Waals surface area contributed by atoms with Crippen molar-refractivity contribution in [1.29, 1.82) is 0 Å². The van der Waals surface area contributed by atoms with Crippen LogP contribution in [0.25, 0.3) is 0 Å². The molecule has 0 saturated heterocycles. The third-order valence-corrected chi connectivity index (χ3v) is 5.03. The highest BCUT2D eigenvalue weighted by Gasteiger charge is 2.14. The minimum absolute atomic E-state index is 0.0460. The van der Waals surface area contributed by atoms with E-state index in [-0.39, 0.29) is 23.2 Å². The number of amides is 1. The van der Waals surface area contributed by atoms with Crippen molar-refractivity contribution in [1.82, 2.24) is 10.0 Å². The summed E-state index contributed by atoms with van der Waals surface area (Å²) in [5, 5.41) is 2.73. The van der Waals surface area contributed by atoms with Gasteiger partial charge in [0.05, 0.1) is 4.90 Å². The van der Waals surface area contributed by atoms with Crippen LogP contribution in [0.4, 0.5) is 4.39 Å². The number of rotatable bonds is 9. The Kier molecular flexibility index (Phi) is 7.26. The van der Waals surface area contributed by atoms with E-state index in [1.165, 1.54) is 48.5 Å². The Hall–Kier alpha value is -2.29. The zero-order chi connectivity index (χ0) is 19.0. The topological polar surface area (TPSA) is 84.5 Å². The molecule has 26 heavy (non-hydrogen) atoms. The molecule has 2 aromatic carbocycles. The van der Waals surface area contributed by atoms with Crippen LogP contribution in [0.15, 0.2) is 53.4 Å². The second kappa shape index (κ2) is 9.42. The molecule has 0 aliphatic heterocycles. The summed E-state index contributed by atoms with van der Waals surface area (Å²) in [6, 6.07) is 11.2. The average Bonchev–Trinajstić information content (AvgIpc) is 2.65. The Morgan fingerprint density at radius 1 is 1.08 bits per heavy atom. The van der Waals surface area contributed by atoms with E-state index < -0.39 is 10.0 Å². The van der Waals surface area contributed by atoms with Crippen LogP contribution in [0, 0.1) is 5.82 Å². The van der Waals surface area contributed by atoms with Crippen LogP contribution in [-0.4, -0.2) is 34.6 Å². The normalized spacial score (nSPS) is 11.3. The Labute approximate surface area is 152 Å². The summed E-state index contributed by atoms with van der Waals surface area (Å²) >= 11 is 0. The smallest absolute Gasteiger partial charge is 0.251 e. The number of carbonyl (C=O) groups excluding carboxylic acids is 1. The molecule has 0 aliphatic rings. The predicted octanol–water partition coefficient (Wildman–Crippen LogP) is 2.07. The molecule has 0 fully saturated rings. The van der Waals surface area contributed by atoms with Gasteiger partial charge < -0.3 is 10.1 Å². The van der Waals surface area contributed by atoms with Crippen molar-refractivity contribution in [2.75, 3.05) is 20.3 Å². The van der Waals surface area contributed by atoms with E-state index in [0.29, 0.717) is 30.7 Å². The summed E-state index contributed by atoms with van der Waals surface area (Å²) in [5.41, 5.74) is 1.02. The predicted molar refractivity (Wildman–Crippen MR) is 95.7 cm³/mol. The third-order valence-electron chi connectivity index (χ3n) is 3.62. The zero-order valence-corrected chi connectivity index (χ0v) is 15.2. The van der Waals surface area contributed by atoms with Gasteiger partial charge in [0.15, 0.2) is 0 Å². The van der Waals surface area contributed by atoms with Gasteiger partial charge in [-0.1, -0.05) is 12.1 Å². The lowest BCUT2D eigenvalue weighted by atomic mass is 10.2. The maximum Gasteiger partial charge on any atom is 0.251 e. The van der Waals surface area contributed by atoms with Gasteiger partial charge in [0.2, 0.25) is 10.0 Å². The van der Waals surface area contributed by atoms with Crippen molar-refractivity contribution in [3.8, 4) is 0 Å². The van der Waals surface area contributed by atoms with E-state index in [2.05, 4.69) is 10.0 Å². The highest BCUT2D eigenvalue weighted by atomic mass is 32.2. The minimum Gasteiger partial charge on any atom is -0.385 e. The zero-order valence-electron chi connectivity index (χ0n) is 14.4. The number of sulfonamides is 1. The highest BCUT2D eigenvalue weighted by molar-refractivity contribution is 7.89. The van der Waals surface area contributed by atoms with Crippen LogP contribution in [-0.2, 0) is 21.3 Å². The number of nitrogens with one attached hydrogen (secondary N) is 2. The molecule has 0 radical (unpaired) electrons. The summed E-state index contributed by atoms with van der Waals surface area (Å²) in [6.07, 6.45) is 0.696. The van der Waals surface area contributed by atoms with Gasteiger partial charge >= 0.3 is 0 Å². The van der Waals surface area contributed by atoms with Crippen molar-refractivity contribution in [3.63, 3.8) is 0 Å². The van der Waals surface area contributed by atoms with Gasteiger partial charge in [-0.05, 0) is 48.4 Å². The molecular weight excluding hydrogens is 359 g/mol. The maximum atomic E-state index is 12.9. The number of benzene rings is 2. The first kappa shape index (κ1) is 20.0. The van der Waals surface area contributed by atoms with Gasteiger partial charge in [-0.2, -0.15) is 0 Å². The van der Waals surface area contributed by atoms with Crippen LogP contribution in [0.2, 0.25) is 0 Å². The van der Waals surface area contributed by atoms with Crippen LogP contribution in [0.3, 0.4) is 0 Å². The van der Waals surface area contributed by atoms with Gasteiger partial charge in [0.1, 0.15) is 5.82 Å². The van der Waals surface area contributed by atoms with Crippen molar-refractivity contribution in [2.45, 2.75) is 17.9 Å². The summed E-state index contributed by atoms with van der Waals surface area (Å²) in [4.78, 5) is 12.0. The van der Waals surface area contributed by atoms with Gasteiger partial charge in [-0.15, -0.1) is 0 Å². The molecule has 0 aliphatic carbocycles. The molecule has 0 spiro atoms. The largest absolute Gasteiger partial charge is 0.385 e. The molecule has 1 amide bonds. The van der Waals surface area contributed by atoms with E-state index in [1.807, 2.05) is 0 Å². The van der Waals surface area contributed by atoms with Crippen molar-refractivity contribution in [3.05, 3.63) is 65.5 Å². The number of hydrogen-bond donors (Lipinski definition) is 2. The van der Waals surface area contributed by atoms with Crippen LogP contribution < -0.4 is 10.0 Å². The van der Waals surface area contributed by atoms with E-state index >= 15 is 0 Å². The van der Waals surface area contributed by atoms with Crippen LogP contribution in [0.1, 0.15) is 22.3 Å². The highest BCUT2D eigenvalue weighted by Crippen LogP contribution is 2.12. The summed E-state index contributed by atoms with van der Waals surface area (Å²) in [6.45, 7) is 1.08. The molecule has 2 N–H and O–H groups in total. The number of halogens is 1. The lowest BCUT2D eigenvalue weighted by Gasteiger charge is -2.08. The van der Waals surface area contributed by atoms with E-state index in [0.717, 1.165) is 0 Å². The number of methoxy groups -OCH3 is 1. The molecule has 0 bridgehead atoms. The maximum absolute atomic E-state index is 12.9. The number of hydrogen-bond acceptors (Lipinski definition) is 4. The fraction of sp³-hybridized carbons (Fsp3) is 0.278. The van der Waals surface area contributed by atoms with Crippen molar-refractivity contribution < 1.29 is 22.3 Å². The monoisotopic (exact) mass is 380 g/mol. The van der Waals surface area contributed by atoms with Crippen LogP contribution >= 0.6 is 0 Å². The third kappa shape index (κ3) is 5.91. The fourth-order valence-electron chi connectivity index (χ4n) is 2.17.